The van der Waals surface area contributed by atoms with Crippen molar-refractivity contribution in [3.8, 4) is 5.75 Å². The molecule has 0 amide bonds. The van der Waals surface area contributed by atoms with E-state index in [9.17, 15) is 39.5 Å². The third kappa shape index (κ3) is 7.24. The van der Waals surface area contributed by atoms with E-state index in [0.717, 1.165) is 12.1 Å². The summed E-state index contributed by atoms with van der Waals surface area (Å²) in [6.45, 7) is -0.576. The fourth-order valence-corrected chi connectivity index (χ4v) is 5.20. The molecule has 0 aliphatic heterocycles. The smallest absolute Gasteiger partial charge is 0.872 e. The van der Waals surface area contributed by atoms with Crippen LogP contribution in [0.3, 0.4) is 0 Å². The second-order valence-corrected chi connectivity index (χ2v) is 11.7. The molecule has 0 aliphatic rings. The second-order valence-electron chi connectivity index (χ2n) is 6.82. The summed E-state index contributed by atoms with van der Waals surface area (Å²) in [6, 6.07) is 6.76. The van der Waals surface area contributed by atoms with Crippen molar-refractivity contribution in [2.75, 3.05) is 18.1 Å². The first-order valence-electron chi connectivity index (χ1n) is 9.01. The maximum atomic E-state index is 12.4. The van der Waals surface area contributed by atoms with E-state index >= 15 is 0 Å². The monoisotopic (exact) mass is 575 g/mol. The molecule has 0 radical (unpaired) electrons. The largest absolute Gasteiger partial charge is 1.00 e. The van der Waals surface area contributed by atoms with Crippen LogP contribution in [0, 0.1) is 0 Å². The van der Waals surface area contributed by atoms with Gasteiger partial charge in [0.05, 0.1) is 33.5 Å². The van der Waals surface area contributed by atoms with Crippen LogP contribution >= 0.6 is 0 Å². The third-order valence-electron chi connectivity index (χ3n) is 4.54. The topological polar surface area (TPSA) is 240 Å². The summed E-state index contributed by atoms with van der Waals surface area (Å²) in [5, 5.41) is 28.0. The Morgan fingerprint density at radius 1 is 0.889 bits per heavy atom. The minimum Gasteiger partial charge on any atom is -0.872 e. The maximum absolute atomic E-state index is 12.4. The van der Waals surface area contributed by atoms with Gasteiger partial charge >= 0.3 is 59.1 Å². The van der Waals surface area contributed by atoms with Gasteiger partial charge in [-0.05, 0) is 47.2 Å². The summed E-state index contributed by atoms with van der Waals surface area (Å²) in [5.74, 6) is -1.51. The first-order chi connectivity index (χ1) is 15.6. The van der Waals surface area contributed by atoms with E-state index in [2.05, 4.69) is 10.2 Å². The van der Waals surface area contributed by atoms with E-state index in [0.29, 0.717) is 6.07 Å². The minimum atomic E-state index is -5.05. The molecule has 0 aliphatic carbocycles. The molecule has 0 saturated carbocycles. The maximum Gasteiger partial charge on any atom is 1.00 e. The fourth-order valence-electron chi connectivity index (χ4n) is 2.98. The van der Waals surface area contributed by atoms with E-state index < -0.39 is 69.3 Å². The van der Waals surface area contributed by atoms with Gasteiger partial charge in [-0.1, -0.05) is 11.8 Å². The van der Waals surface area contributed by atoms with Gasteiger partial charge in [-0.2, -0.15) is 13.5 Å². The van der Waals surface area contributed by atoms with Crippen LogP contribution in [0.5, 0.6) is 5.75 Å². The van der Waals surface area contributed by atoms with Crippen molar-refractivity contribution in [3.05, 3.63) is 42.5 Å². The Balaban J connectivity index is 0.00000324. The van der Waals surface area contributed by atoms with Crippen molar-refractivity contribution in [1.29, 1.82) is 0 Å². The van der Waals surface area contributed by atoms with Crippen LogP contribution in [0.4, 0.5) is 17.1 Å². The summed E-state index contributed by atoms with van der Waals surface area (Å²) < 4.78 is 91.1. The first kappa shape index (κ1) is 32.9. The molecule has 4 N–H and O–H groups in total. The number of azo groups is 1. The van der Waals surface area contributed by atoms with Crippen molar-refractivity contribution in [3.63, 3.8) is 0 Å². The van der Waals surface area contributed by atoms with E-state index in [1.807, 2.05) is 0 Å². The number of sulfone groups is 1. The molecular weight excluding hydrogens is 560 g/mol. The van der Waals surface area contributed by atoms with Gasteiger partial charge in [0.15, 0.2) is 9.84 Å². The molecule has 0 unspecified atom stereocenters. The van der Waals surface area contributed by atoms with Gasteiger partial charge in [0.2, 0.25) is 0 Å². The zero-order valence-electron chi connectivity index (χ0n) is 18.8. The number of rotatable bonds is 7. The Morgan fingerprint density at radius 2 is 1.47 bits per heavy atom. The number of nitrogens with two attached hydrogens (primary N) is 1. The van der Waals surface area contributed by atoms with Crippen LogP contribution in [0.25, 0.3) is 10.8 Å². The van der Waals surface area contributed by atoms with Gasteiger partial charge in [-0.25, -0.2) is 16.8 Å². The molecule has 36 heavy (non-hydrogen) atoms. The van der Waals surface area contributed by atoms with Crippen molar-refractivity contribution >= 4 is 57.9 Å². The molecule has 0 heterocycles. The van der Waals surface area contributed by atoms with Crippen LogP contribution < -0.4 is 70.0 Å². The Morgan fingerprint density at radius 3 is 1.97 bits per heavy atom. The molecule has 182 valence electrons. The molecule has 0 saturated heterocycles. The SMILES string of the molecule is Nc1c(N=Nc2ccc(S(=O)(=O)CCO)cc2)c(S(=O)(=O)O)cc2cc(S(=O)(=O)[O-])cc([O-])c12.[Na+].[Na+]. The van der Waals surface area contributed by atoms with Crippen molar-refractivity contribution in [2.45, 2.75) is 14.7 Å². The molecule has 18 heteroatoms. The van der Waals surface area contributed by atoms with Crippen LogP contribution in [-0.2, 0) is 30.1 Å². The average molecular weight is 576 g/mol. The van der Waals surface area contributed by atoms with Gasteiger partial charge in [-0.15, -0.1) is 5.11 Å². The standard InChI is InChI=1S/C18H17N3O10S3.2Na/c19-17-16-10(7-13(9-14(16)23)33(26,27)28)8-15(34(29,30)31)18(17)21-20-11-1-3-12(4-2-11)32(24,25)6-5-22;;/h1-4,7-9,22-23H,5-6,19H2,(H,26,27,28)(H,29,30,31);;/q;2*+1/p-2. The minimum absolute atomic E-state index is 0. The predicted molar refractivity (Wildman–Crippen MR) is 115 cm³/mol. The predicted octanol–water partition coefficient (Wildman–Crippen LogP) is -5.16. The zero-order chi connectivity index (χ0) is 25.5. The molecule has 13 nitrogen and oxygen atoms in total. The van der Waals surface area contributed by atoms with Gasteiger partial charge in [0, 0.05) is 0 Å². The molecule has 3 rings (SSSR count). The quantitative estimate of drug-likeness (QED) is 0.104. The molecule has 3 aromatic rings. The molecule has 3 aromatic carbocycles. The Kier molecular flexibility index (Phi) is 11.1. The van der Waals surface area contributed by atoms with Gasteiger partial charge in [0.25, 0.3) is 10.1 Å². The summed E-state index contributed by atoms with van der Waals surface area (Å²) in [4.78, 5) is -1.94. The first-order valence-corrected chi connectivity index (χ1v) is 13.5. The number of aliphatic hydroxyl groups is 1. The fraction of sp³-hybridized carbons (Fsp3) is 0.111. The number of hydrogen-bond acceptors (Lipinski definition) is 12. The Labute approximate surface area is 250 Å². The van der Waals surface area contributed by atoms with Gasteiger partial charge in [-0.3, -0.25) is 4.55 Å². The zero-order valence-corrected chi connectivity index (χ0v) is 25.3. The number of nitrogen functional groups attached to an aromatic ring is 1. The Hall–Kier alpha value is -1.15. The number of anilines is 1. The normalized spacial score (nSPS) is 12.3. The second kappa shape index (κ2) is 12.1. The van der Waals surface area contributed by atoms with Gasteiger partial charge in [0.1, 0.15) is 20.7 Å². The summed E-state index contributed by atoms with van der Waals surface area (Å²) in [7, 11) is -13.8. The summed E-state index contributed by atoms with van der Waals surface area (Å²) >= 11 is 0. The molecule has 0 bridgehead atoms. The van der Waals surface area contributed by atoms with E-state index in [1.165, 1.54) is 24.3 Å². The van der Waals surface area contributed by atoms with Crippen LogP contribution in [0.15, 0.2) is 67.4 Å². The molecular formula is C18H15N3Na2O10S3. The van der Waals surface area contributed by atoms with E-state index in [4.69, 9.17) is 10.8 Å². The van der Waals surface area contributed by atoms with Crippen molar-refractivity contribution < 1.29 is 104 Å². The number of fused-ring (bicyclic) bond motifs is 1. The number of aliphatic hydroxyl groups excluding tert-OH is 1. The molecule has 0 fully saturated rings. The van der Waals surface area contributed by atoms with E-state index in [1.54, 1.807) is 0 Å². The van der Waals surface area contributed by atoms with E-state index in [-0.39, 0.29) is 80.5 Å². The molecule has 0 spiro atoms. The molecule has 0 aromatic heterocycles. The van der Waals surface area contributed by atoms with Crippen molar-refractivity contribution in [1.82, 2.24) is 0 Å². The Bertz CT molecular complexity index is 1640. The third-order valence-corrected chi connectivity index (χ3v) is 7.93. The van der Waals surface area contributed by atoms with Crippen LogP contribution in [0.1, 0.15) is 0 Å². The van der Waals surface area contributed by atoms with Crippen LogP contribution in [0.2, 0.25) is 0 Å². The van der Waals surface area contributed by atoms with Crippen LogP contribution in [-0.4, -0.2) is 51.8 Å². The molecule has 0 atom stereocenters. The average Bonchev–Trinajstić information content (AvgIpc) is 2.71. The summed E-state index contributed by atoms with van der Waals surface area (Å²) in [6.07, 6.45) is 0. The van der Waals surface area contributed by atoms with Crippen molar-refractivity contribution in [2.24, 2.45) is 10.2 Å². The number of hydrogen-bond donors (Lipinski definition) is 3. The summed E-state index contributed by atoms with van der Waals surface area (Å²) in [5.41, 5.74) is 4.74. The van der Waals surface area contributed by atoms with Gasteiger partial charge < -0.3 is 20.5 Å². The number of benzene rings is 3. The number of nitrogens with zero attached hydrogens (tertiary/aromatic N) is 2.